The molecule has 0 heterocycles. The highest BCUT2D eigenvalue weighted by atomic mass is 32.1. The Balaban J connectivity index is 2.24. The molecule has 0 bridgehead atoms. The van der Waals surface area contributed by atoms with Crippen molar-refractivity contribution in [3.63, 3.8) is 0 Å². The van der Waals surface area contributed by atoms with E-state index in [-0.39, 0.29) is 11.7 Å². The van der Waals surface area contributed by atoms with Gasteiger partial charge in [0.25, 0.3) is 5.91 Å². The van der Waals surface area contributed by atoms with Gasteiger partial charge < -0.3 is 5.32 Å². The van der Waals surface area contributed by atoms with Crippen LogP contribution in [0.5, 0.6) is 0 Å². The van der Waals surface area contributed by atoms with E-state index in [1.54, 1.807) is 37.3 Å². The average molecular weight is 261 g/mol. The first kappa shape index (κ1) is 12.6. The SMILES string of the molecule is Cc1cc(F)cc(NC(=O)c2ccccc2S)c1. The second-order valence-corrected chi connectivity index (χ2v) is 4.47. The average Bonchev–Trinajstić information content (AvgIpc) is 2.27. The van der Waals surface area contributed by atoms with Gasteiger partial charge in [-0.3, -0.25) is 4.79 Å². The first-order valence-corrected chi connectivity index (χ1v) is 5.87. The topological polar surface area (TPSA) is 29.1 Å². The van der Waals surface area contributed by atoms with Crippen molar-refractivity contribution < 1.29 is 9.18 Å². The predicted molar refractivity (Wildman–Crippen MR) is 72.8 cm³/mol. The van der Waals surface area contributed by atoms with E-state index in [0.717, 1.165) is 5.56 Å². The molecule has 2 aromatic rings. The lowest BCUT2D eigenvalue weighted by atomic mass is 10.2. The van der Waals surface area contributed by atoms with Gasteiger partial charge in [-0.2, -0.15) is 0 Å². The number of benzene rings is 2. The third kappa shape index (κ3) is 2.90. The van der Waals surface area contributed by atoms with Gasteiger partial charge in [0.05, 0.1) is 5.56 Å². The fourth-order valence-electron chi connectivity index (χ4n) is 1.67. The van der Waals surface area contributed by atoms with Crippen LogP contribution >= 0.6 is 12.6 Å². The van der Waals surface area contributed by atoms with Crippen molar-refractivity contribution in [1.29, 1.82) is 0 Å². The molecule has 4 heteroatoms. The number of carbonyl (C=O) groups is 1. The van der Waals surface area contributed by atoms with Crippen molar-refractivity contribution in [1.82, 2.24) is 0 Å². The third-order valence-corrected chi connectivity index (χ3v) is 2.84. The van der Waals surface area contributed by atoms with Crippen LogP contribution in [-0.2, 0) is 0 Å². The number of anilines is 1. The van der Waals surface area contributed by atoms with Gasteiger partial charge in [0.2, 0.25) is 0 Å². The summed E-state index contributed by atoms with van der Waals surface area (Å²) in [6.07, 6.45) is 0. The van der Waals surface area contributed by atoms with Crippen molar-refractivity contribution in [2.24, 2.45) is 0 Å². The van der Waals surface area contributed by atoms with Crippen LogP contribution in [0.4, 0.5) is 10.1 Å². The maximum atomic E-state index is 13.2. The Kier molecular flexibility index (Phi) is 3.67. The summed E-state index contributed by atoms with van der Waals surface area (Å²) in [6, 6.07) is 11.4. The van der Waals surface area contributed by atoms with Gasteiger partial charge in [0.1, 0.15) is 5.82 Å². The molecular weight excluding hydrogens is 249 g/mol. The Morgan fingerprint density at radius 3 is 2.61 bits per heavy atom. The molecule has 0 spiro atoms. The first-order valence-electron chi connectivity index (χ1n) is 5.43. The largest absolute Gasteiger partial charge is 0.322 e. The fraction of sp³-hybridized carbons (Fsp3) is 0.0714. The monoisotopic (exact) mass is 261 g/mol. The number of rotatable bonds is 2. The third-order valence-electron chi connectivity index (χ3n) is 2.45. The van der Waals surface area contributed by atoms with Gasteiger partial charge in [-0.15, -0.1) is 12.6 Å². The van der Waals surface area contributed by atoms with E-state index in [0.29, 0.717) is 16.1 Å². The summed E-state index contributed by atoms with van der Waals surface area (Å²) in [6.45, 7) is 1.77. The molecule has 18 heavy (non-hydrogen) atoms. The highest BCUT2D eigenvalue weighted by molar-refractivity contribution is 7.80. The predicted octanol–water partition coefficient (Wildman–Crippen LogP) is 3.68. The zero-order valence-electron chi connectivity index (χ0n) is 9.77. The first-order chi connectivity index (χ1) is 8.56. The lowest BCUT2D eigenvalue weighted by Crippen LogP contribution is -2.12. The molecule has 0 aromatic heterocycles. The number of hydrogen-bond acceptors (Lipinski definition) is 2. The zero-order valence-corrected chi connectivity index (χ0v) is 10.7. The molecule has 0 fully saturated rings. The van der Waals surface area contributed by atoms with Crippen molar-refractivity contribution in [2.45, 2.75) is 11.8 Å². The van der Waals surface area contributed by atoms with Crippen molar-refractivity contribution in [3.8, 4) is 0 Å². The van der Waals surface area contributed by atoms with Crippen LogP contribution in [-0.4, -0.2) is 5.91 Å². The molecule has 2 aromatic carbocycles. The van der Waals surface area contributed by atoms with Crippen molar-refractivity contribution in [3.05, 3.63) is 59.4 Å². The summed E-state index contributed by atoms with van der Waals surface area (Å²) in [5.74, 6) is -0.671. The normalized spacial score (nSPS) is 10.2. The highest BCUT2D eigenvalue weighted by Gasteiger charge is 2.09. The zero-order chi connectivity index (χ0) is 13.1. The molecule has 0 aliphatic rings. The van der Waals surface area contributed by atoms with Crippen LogP contribution in [0.1, 0.15) is 15.9 Å². The van der Waals surface area contributed by atoms with Gasteiger partial charge in [0.15, 0.2) is 0 Å². The van der Waals surface area contributed by atoms with Crippen molar-refractivity contribution >= 4 is 24.2 Å². The van der Waals surface area contributed by atoms with Crippen molar-refractivity contribution in [2.75, 3.05) is 5.32 Å². The Bertz CT molecular complexity index is 578. The maximum Gasteiger partial charge on any atom is 0.256 e. The summed E-state index contributed by atoms with van der Waals surface area (Å²) in [5.41, 5.74) is 1.65. The Morgan fingerprint density at radius 1 is 1.22 bits per heavy atom. The molecule has 2 nitrogen and oxygen atoms in total. The van der Waals surface area contributed by atoms with Gasteiger partial charge in [-0.05, 0) is 42.8 Å². The molecule has 0 atom stereocenters. The number of amides is 1. The molecule has 2 rings (SSSR count). The van der Waals surface area contributed by atoms with Gasteiger partial charge in [0, 0.05) is 10.6 Å². The fourth-order valence-corrected chi connectivity index (χ4v) is 1.93. The van der Waals surface area contributed by atoms with Crippen LogP contribution in [0, 0.1) is 12.7 Å². The Morgan fingerprint density at radius 2 is 1.94 bits per heavy atom. The number of halogens is 1. The highest BCUT2D eigenvalue weighted by Crippen LogP contribution is 2.17. The second-order valence-electron chi connectivity index (χ2n) is 3.99. The Hall–Kier alpha value is -1.81. The molecule has 1 N–H and O–H groups in total. The standard InChI is InChI=1S/C14H12FNOS/c1-9-6-10(15)8-11(7-9)16-14(17)12-4-2-3-5-13(12)18/h2-8,18H,1H3,(H,16,17). The van der Waals surface area contributed by atoms with Gasteiger partial charge in [-0.25, -0.2) is 4.39 Å². The number of thiol groups is 1. The molecule has 0 aliphatic carbocycles. The van der Waals surface area contributed by atoms with E-state index in [4.69, 9.17) is 0 Å². The summed E-state index contributed by atoms with van der Waals surface area (Å²) in [4.78, 5) is 12.6. The minimum Gasteiger partial charge on any atom is -0.322 e. The van der Waals surface area contributed by atoms with Crippen LogP contribution in [0.3, 0.4) is 0 Å². The van der Waals surface area contributed by atoms with Crippen LogP contribution in [0.2, 0.25) is 0 Å². The summed E-state index contributed by atoms with van der Waals surface area (Å²) in [7, 11) is 0. The molecule has 0 aliphatic heterocycles. The van der Waals surface area contributed by atoms with E-state index in [2.05, 4.69) is 17.9 Å². The number of aryl methyl sites for hydroxylation is 1. The van der Waals surface area contributed by atoms with Crippen LogP contribution < -0.4 is 5.32 Å². The number of hydrogen-bond donors (Lipinski definition) is 2. The smallest absolute Gasteiger partial charge is 0.256 e. The van der Waals surface area contributed by atoms with Crippen LogP contribution in [0.25, 0.3) is 0 Å². The molecule has 92 valence electrons. The van der Waals surface area contributed by atoms with Crippen LogP contribution in [0.15, 0.2) is 47.4 Å². The summed E-state index contributed by atoms with van der Waals surface area (Å²) in [5, 5.41) is 2.65. The minimum atomic E-state index is -0.371. The van der Waals surface area contributed by atoms with E-state index in [9.17, 15) is 9.18 Å². The van der Waals surface area contributed by atoms with E-state index in [1.807, 2.05) is 0 Å². The molecule has 0 unspecified atom stereocenters. The molecular formula is C14H12FNOS. The number of carbonyl (C=O) groups excluding carboxylic acids is 1. The minimum absolute atomic E-state index is 0.300. The van der Waals surface area contributed by atoms with Gasteiger partial charge in [-0.1, -0.05) is 12.1 Å². The summed E-state index contributed by atoms with van der Waals surface area (Å²) >= 11 is 4.21. The molecule has 1 amide bonds. The number of nitrogens with one attached hydrogen (secondary N) is 1. The second kappa shape index (κ2) is 5.23. The maximum absolute atomic E-state index is 13.2. The quantitative estimate of drug-likeness (QED) is 0.793. The summed E-state index contributed by atoms with van der Waals surface area (Å²) < 4.78 is 13.2. The van der Waals surface area contributed by atoms with E-state index < -0.39 is 0 Å². The molecule has 0 saturated carbocycles. The lowest BCUT2D eigenvalue weighted by Gasteiger charge is -2.08. The van der Waals surface area contributed by atoms with Gasteiger partial charge >= 0.3 is 0 Å². The van der Waals surface area contributed by atoms with E-state index >= 15 is 0 Å². The molecule has 0 saturated heterocycles. The molecule has 0 radical (unpaired) electrons. The Labute approximate surface area is 110 Å². The van der Waals surface area contributed by atoms with E-state index in [1.165, 1.54) is 12.1 Å². The lowest BCUT2D eigenvalue weighted by molar-refractivity contribution is 0.102.